The van der Waals surface area contributed by atoms with Gasteiger partial charge in [0.2, 0.25) is 0 Å². The minimum absolute atomic E-state index is 0.113. The van der Waals surface area contributed by atoms with Crippen molar-refractivity contribution in [3.8, 4) is 11.8 Å². The zero-order valence-corrected chi connectivity index (χ0v) is 6.66. The molecule has 0 bridgehead atoms. The second-order valence-corrected chi connectivity index (χ2v) is 2.07. The van der Waals surface area contributed by atoms with Gasteiger partial charge in [-0.05, 0) is 6.07 Å². The summed E-state index contributed by atoms with van der Waals surface area (Å²) in [6.45, 7) is 0. The minimum Gasteiger partial charge on any atom is -0.471 e. The fourth-order valence-electron chi connectivity index (χ4n) is 0.626. The summed E-state index contributed by atoms with van der Waals surface area (Å²) >= 11 is 0. The van der Waals surface area contributed by atoms with E-state index in [2.05, 4.69) is 16.6 Å². The molecule has 1 rings (SSSR count). The summed E-state index contributed by atoms with van der Waals surface area (Å²) in [7, 11) is 1.34. The highest BCUT2D eigenvalue weighted by Gasteiger charge is 1.93. The third kappa shape index (κ3) is 2.51. The van der Waals surface area contributed by atoms with Crippen LogP contribution in [0.4, 0.5) is 0 Å². The highest BCUT2D eigenvalue weighted by Crippen LogP contribution is 1.96. The average Bonchev–Trinajstić information content (AvgIpc) is 2.57. The second-order valence-electron chi connectivity index (χ2n) is 2.07. The van der Waals surface area contributed by atoms with Crippen LogP contribution in [0.2, 0.25) is 0 Å². The fraction of sp³-hybridized carbons (Fsp3) is 0.222. The van der Waals surface area contributed by atoms with E-state index in [-0.39, 0.29) is 12.4 Å². The van der Waals surface area contributed by atoms with Crippen LogP contribution in [0.1, 0.15) is 12.0 Å². The summed E-state index contributed by atoms with van der Waals surface area (Å²) in [4.78, 5) is 10.6. The van der Waals surface area contributed by atoms with E-state index >= 15 is 0 Å². The molecule has 0 amide bonds. The Hall–Kier alpha value is -1.69. The molecule has 0 aliphatic carbocycles. The molecule has 0 N–H and O–H groups in total. The molecule has 1 heterocycles. The van der Waals surface area contributed by atoms with Crippen molar-refractivity contribution in [3.05, 3.63) is 24.2 Å². The maximum Gasteiger partial charge on any atom is 0.317 e. The third-order valence-electron chi connectivity index (χ3n) is 1.21. The van der Waals surface area contributed by atoms with Crippen molar-refractivity contribution < 1.29 is 13.9 Å². The zero-order chi connectivity index (χ0) is 8.81. The Morgan fingerprint density at radius 1 is 1.75 bits per heavy atom. The topological polar surface area (TPSA) is 39.4 Å². The summed E-state index contributed by atoms with van der Waals surface area (Å²) < 4.78 is 9.18. The highest BCUT2D eigenvalue weighted by atomic mass is 16.5. The maximum atomic E-state index is 10.6. The quantitative estimate of drug-likeness (QED) is 0.462. The summed E-state index contributed by atoms with van der Waals surface area (Å²) in [5.74, 6) is 5.07. The number of methoxy groups -OCH3 is 1. The number of carbonyl (C=O) groups excluding carboxylic acids is 1. The first-order valence-electron chi connectivity index (χ1n) is 3.41. The summed E-state index contributed by atoms with van der Waals surface area (Å²) in [5.41, 5.74) is 0.763. The molecular formula is C9H8O3. The number of rotatable bonds is 1. The average molecular weight is 164 g/mol. The molecule has 0 aromatic carbocycles. The van der Waals surface area contributed by atoms with Crippen molar-refractivity contribution >= 4 is 5.97 Å². The summed E-state index contributed by atoms with van der Waals surface area (Å²) in [5, 5.41) is 0. The van der Waals surface area contributed by atoms with Gasteiger partial charge in [0.25, 0.3) is 0 Å². The van der Waals surface area contributed by atoms with E-state index in [1.54, 1.807) is 6.07 Å². The lowest BCUT2D eigenvalue weighted by Crippen LogP contribution is -1.96. The molecule has 0 atom stereocenters. The molecule has 0 radical (unpaired) electrons. The van der Waals surface area contributed by atoms with Crippen molar-refractivity contribution in [1.82, 2.24) is 0 Å². The first-order valence-corrected chi connectivity index (χ1v) is 3.41. The Bertz CT molecular complexity index is 300. The maximum absolute atomic E-state index is 10.6. The lowest BCUT2D eigenvalue weighted by atomic mass is 10.3. The number of esters is 1. The molecule has 3 heteroatoms. The Morgan fingerprint density at radius 2 is 2.58 bits per heavy atom. The Morgan fingerprint density at radius 3 is 3.17 bits per heavy atom. The summed E-state index contributed by atoms with van der Waals surface area (Å²) in [6.07, 6.45) is 3.16. The Labute approximate surface area is 70.3 Å². The van der Waals surface area contributed by atoms with Gasteiger partial charge in [0.05, 0.1) is 18.9 Å². The van der Waals surface area contributed by atoms with E-state index in [1.165, 1.54) is 19.6 Å². The van der Waals surface area contributed by atoms with Gasteiger partial charge in [-0.2, -0.15) is 0 Å². The van der Waals surface area contributed by atoms with Gasteiger partial charge in [0.15, 0.2) is 0 Å². The first kappa shape index (κ1) is 8.41. The molecule has 0 saturated heterocycles. The molecular weight excluding hydrogens is 156 g/mol. The monoisotopic (exact) mass is 164 g/mol. The van der Waals surface area contributed by atoms with Crippen LogP contribution in [0.15, 0.2) is 23.0 Å². The van der Waals surface area contributed by atoms with Crippen LogP contribution in [0.25, 0.3) is 0 Å². The SMILES string of the molecule is COC(=O)CC#Cc1ccoc1. The molecule has 1 aromatic heterocycles. The molecule has 1 aromatic rings. The number of hydrogen-bond acceptors (Lipinski definition) is 3. The molecule has 0 aliphatic rings. The van der Waals surface area contributed by atoms with Crippen molar-refractivity contribution in [2.24, 2.45) is 0 Å². The van der Waals surface area contributed by atoms with Crippen molar-refractivity contribution in [3.63, 3.8) is 0 Å². The lowest BCUT2D eigenvalue weighted by molar-refractivity contribution is -0.139. The molecule has 0 fully saturated rings. The van der Waals surface area contributed by atoms with Crippen LogP contribution in [0.3, 0.4) is 0 Å². The largest absolute Gasteiger partial charge is 0.471 e. The van der Waals surface area contributed by atoms with Crippen LogP contribution in [0, 0.1) is 11.8 Å². The predicted octanol–water partition coefficient (Wildman–Crippen LogP) is 1.19. The van der Waals surface area contributed by atoms with Gasteiger partial charge in [-0.15, -0.1) is 0 Å². The van der Waals surface area contributed by atoms with Crippen LogP contribution >= 0.6 is 0 Å². The normalized spacial score (nSPS) is 8.42. The van der Waals surface area contributed by atoms with E-state index in [4.69, 9.17) is 4.42 Å². The molecule has 0 saturated carbocycles. The number of ether oxygens (including phenoxy) is 1. The minimum atomic E-state index is -0.328. The molecule has 62 valence electrons. The van der Waals surface area contributed by atoms with E-state index in [1.807, 2.05) is 0 Å². The molecule has 0 spiro atoms. The van der Waals surface area contributed by atoms with Gasteiger partial charge < -0.3 is 9.15 Å². The van der Waals surface area contributed by atoms with E-state index in [0.29, 0.717) is 0 Å². The number of furan rings is 1. The molecule has 3 nitrogen and oxygen atoms in total. The highest BCUT2D eigenvalue weighted by molar-refractivity contribution is 5.72. The Kier molecular flexibility index (Phi) is 2.97. The summed E-state index contributed by atoms with van der Waals surface area (Å²) in [6, 6.07) is 1.73. The van der Waals surface area contributed by atoms with Gasteiger partial charge in [-0.1, -0.05) is 11.8 Å². The second kappa shape index (κ2) is 4.24. The van der Waals surface area contributed by atoms with Crippen LogP contribution in [-0.4, -0.2) is 13.1 Å². The first-order chi connectivity index (χ1) is 5.83. The van der Waals surface area contributed by atoms with Crippen molar-refractivity contribution in [2.75, 3.05) is 7.11 Å². The van der Waals surface area contributed by atoms with Crippen molar-refractivity contribution in [1.29, 1.82) is 0 Å². The molecule has 0 unspecified atom stereocenters. The van der Waals surface area contributed by atoms with Gasteiger partial charge in [0, 0.05) is 0 Å². The zero-order valence-electron chi connectivity index (χ0n) is 6.66. The van der Waals surface area contributed by atoms with Crippen LogP contribution in [0.5, 0.6) is 0 Å². The number of carbonyl (C=O) groups is 1. The smallest absolute Gasteiger partial charge is 0.317 e. The molecule has 0 aliphatic heterocycles. The van der Waals surface area contributed by atoms with Gasteiger partial charge in [-0.3, -0.25) is 4.79 Å². The fourth-order valence-corrected chi connectivity index (χ4v) is 0.626. The lowest BCUT2D eigenvalue weighted by Gasteiger charge is -1.88. The van der Waals surface area contributed by atoms with Crippen molar-refractivity contribution in [2.45, 2.75) is 6.42 Å². The Balaban J connectivity index is 2.45. The predicted molar refractivity (Wildman–Crippen MR) is 42.2 cm³/mol. The van der Waals surface area contributed by atoms with E-state index in [9.17, 15) is 4.79 Å². The standard InChI is InChI=1S/C9H8O3/c1-11-9(10)4-2-3-8-5-6-12-7-8/h5-7H,4H2,1H3. The van der Waals surface area contributed by atoms with Gasteiger partial charge in [0.1, 0.15) is 12.7 Å². The van der Waals surface area contributed by atoms with E-state index < -0.39 is 0 Å². The van der Waals surface area contributed by atoms with Crippen LogP contribution < -0.4 is 0 Å². The third-order valence-corrected chi connectivity index (χ3v) is 1.21. The van der Waals surface area contributed by atoms with E-state index in [0.717, 1.165) is 5.56 Å². The van der Waals surface area contributed by atoms with Crippen LogP contribution in [-0.2, 0) is 9.53 Å². The number of hydrogen-bond donors (Lipinski definition) is 0. The van der Waals surface area contributed by atoms with Gasteiger partial charge >= 0.3 is 5.97 Å². The molecule has 12 heavy (non-hydrogen) atoms. The van der Waals surface area contributed by atoms with Gasteiger partial charge in [-0.25, -0.2) is 0 Å².